The molecule has 0 nitrogen and oxygen atoms in total. The predicted molar refractivity (Wildman–Crippen MR) is 153 cm³/mol. The number of hydrogen-bond donors (Lipinski definition) is 0. The maximum absolute atomic E-state index is 2.74. The Morgan fingerprint density at radius 2 is 1.38 bits per heavy atom. The van der Waals surface area contributed by atoms with Crippen molar-refractivity contribution in [2.45, 2.75) is 70.1 Å². The Bertz CT molecular complexity index is 1130. The van der Waals surface area contributed by atoms with Gasteiger partial charge in [0.15, 0.2) is 0 Å². The number of rotatable bonds is 7. The third kappa shape index (κ3) is 5.51. The van der Waals surface area contributed by atoms with E-state index in [1.54, 1.807) is 22.3 Å². The van der Waals surface area contributed by atoms with Gasteiger partial charge >= 0.3 is 205 Å². The van der Waals surface area contributed by atoms with E-state index in [0.29, 0.717) is 9.54 Å². The van der Waals surface area contributed by atoms with Gasteiger partial charge in [0, 0.05) is 0 Å². The minimum Gasteiger partial charge on any atom is -0.147 e. The van der Waals surface area contributed by atoms with Gasteiger partial charge < -0.3 is 0 Å². The van der Waals surface area contributed by atoms with Crippen molar-refractivity contribution >= 4 is 35.8 Å². The van der Waals surface area contributed by atoms with E-state index >= 15 is 0 Å². The Labute approximate surface area is 228 Å². The molecule has 0 aromatic heterocycles. The van der Waals surface area contributed by atoms with E-state index in [0.717, 1.165) is 0 Å². The molecule has 0 bridgehead atoms. The molecule has 2 aliphatic carbocycles. The van der Waals surface area contributed by atoms with Gasteiger partial charge in [0.2, 0.25) is 0 Å². The molecule has 0 heterocycles. The fraction of sp³-hybridized carbons (Fsp3) is 0.400. The van der Waals surface area contributed by atoms with Crippen molar-refractivity contribution < 1.29 is 20.4 Å². The minimum atomic E-state index is -2.00. The van der Waals surface area contributed by atoms with Crippen LogP contribution in [0.5, 0.6) is 0 Å². The Morgan fingerprint density at radius 1 is 0.794 bits per heavy atom. The topological polar surface area (TPSA) is 0 Å². The maximum Gasteiger partial charge on any atom is -0.147 e. The summed E-state index contributed by atoms with van der Waals surface area (Å²) >= 11 is -2.00. The van der Waals surface area contributed by atoms with Crippen LogP contribution in [-0.2, 0) is 20.4 Å². The zero-order chi connectivity index (χ0) is 22.8. The molecular weight excluding hydrogens is 551 g/mol. The summed E-state index contributed by atoms with van der Waals surface area (Å²) in [5.74, 6) is 0.666. The van der Waals surface area contributed by atoms with Gasteiger partial charge in [-0.15, -0.1) is 24.8 Å². The third-order valence-electron chi connectivity index (χ3n) is 7.73. The normalized spacial score (nSPS) is 18.8. The fourth-order valence-corrected chi connectivity index (χ4v) is 32.3. The first-order valence-corrected chi connectivity index (χ1v) is 20.7. The summed E-state index contributed by atoms with van der Waals surface area (Å²) in [5, 5.41) is 0. The van der Waals surface area contributed by atoms with Crippen molar-refractivity contribution in [3.8, 4) is 0 Å². The molecule has 2 atom stereocenters. The molecule has 0 N–H and O–H groups in total. The van der Waals surface area contributed by atoms with Crippen molar-refractivity contribution in [2.75, 3.05) is 0 Å². The summed E-state index contributed by atoms with van der Waals surface area (Å²) in [5.41, 5.74) is 10.6. The summed E-state index contributed by atoms with van der Waals surface area (Å²) in [6.45, 7) is 14.6. The first kappa shape index (κ1) is 29.6. The molecule has 4 heteroatoms. The fourth-order valence-electron chi connectivity index (χ4n) is 5.84. The number of halogens is 2. The van der Waals surface area contributed by atoms with E-state index in [4.69, 9.17) is 0 Å². The first-order chi connectivity index (χ1) is 15.5. The third-order valence-corrected chi connectivity index (χ3v) is 29.6. The molecule has 0 spiro atoms. The summed E-state index contributed by atoms with van der Waals surface area (Å²) in [6, 6.07) is 23.5. The van der Waals surface area contributed by atoms with Gasteiger partial charge in [-0.25, -0.2) is 0 Å². The van der Waals surface area contributed by atoms with E-state index in [1.165, 1.54) is 41.6 Å². The molecule has 2 aromatic rings. The van der Waals surface area contributed by atoms with E-state index in [2.05, 4.69) is 102 Å². The molecule has 34 heavy (non-hydrogen) atoms. The quantitative estimate of drug-likeness (QED) is 0.282. The van der Waals surface area contributed by atoms with Crippen LogP contribution in [0.1, 0.15) is 74.7 Å². The first-order valence-electron chi connectivity index (χ1n) is 12.5. The van der Waals surface area contributed by atoms with Gasteiger partial charge in [-0.2, -0.15) is 0 Å². The molecule has 0 aliphatic heterocycles. The molecule has 0 fully saturated rings. The molecule has 0 saturated carbocycles. The molecule has 182 valence electrons. The van der Waals surface area contributed by atoms with Crippen LogP contribution in [0.15, 0.2) is 80.7 Å². The second kappa shape index (κ2) is 13.0. The zero-order valence-corrected chi connectivity index (χ0v) is 26.7. The van der Waals surface area contributed by atoms with E-state index in [-0.39, 0.29) is 30.2 Å². The van der Waals surface area contributed by atoms with E-state index in [1.807, 2.05) is 3.28 Å². The summed E-state index contributed by atoms with van der Waals surface area (Å²) < 4.78 is 2.66. The smallest absolute Gasteiger partial charge is 0.147 e. The van der Waals surface area contributed by atoms with Gasteiger partial charge in [0.1, 0.15) is 0 Å². The van der Waals surface area contributed by atoms with Gasteiger partial charge in [-0.3, -0.25) is 0 Å². The van der Waals surface area contributed by atoms with Crippen LogP contribution in [0.25, 0.3) is 5.57 Å². The summed E-state index contributed by atoms with van der Waals surface area (Å²) in [6.07, 6.45) is 5.45. The van der Waals surface area contributed by atoms with Crippen LogP contribution in [0, 0.1) is 5.92 Å². The Morgan fingerprint density at radius 3 is 1.94 bits per heavy atom. The molecule has 2 unspecified atom stereocenters. The SMILES string of the molecule is CCC[Si](CCC)=[Zr]([C]1=C(C)C(C)=C(C)C1C)[CH]1C=C(c2ccccc2)c2ccccc21.Cl.Cl. The average Bonchev–Trinajstić information content (AvgIpc) is 3.28. The van der Waals surface area contributed by atoms with E-state index in [9.17, 15) is 0 Å². The van der Waals surface area contributed by atoms with Crippen LogP contribution in [0.2, 0.25) is 12.1 Å². The summed E-state index contributed by atoms with van der Waals surface area (Å²) in [7, 11) is 0. The predicted octanol–water partition coefficient (Wildman–Crippen LogP) is 9.71. The Hall–Kier alpha value is -0.660. The van der Waals surface area contributed by atoms with Crippen molar-refractivity contribution in [2.24, 2.45) is 5.92 Å². The number of allylic oxidation sites excluding steroid dienone is 5. The van der Waals surface area contributed by atoms with Crippen LogP contribution in [0.4, 0.5) is 0 Å². The molecule has 0 saturated heterocycles. The molecular formula is C30H40Cl2SiZr. The molecule has 2 aromatic carbocycles. The molecule has 0 amide bonds. The molecule has 0 radical (unpaired) electrons. The number of benzene rings is 2. The van der Waals surface area contributed by atoms with Gasteiger partial charge in [-0.1, -0.05) is 0 Å². The van der Waals surface area contributed by atoms with Crippen molar-refractivity contribution in [3.05, 3.63) is 97.4 Å². The Kier molecular flexibility index (Phi) is 11.3. The van der Waals surface area contributed by atoms with Crippen molar-refractivity contribution in [3.63, 3.8) is 0 Å². The number of fused-ring (bicyclic) bond motifs is 1. The minimum absolute atomic E-state index is 0. The second-order valence-electron chi connectivity index (χ2n) is 9.60. The monoisotopic (exact) mass is 588 g/mol. The second-order valence-corrected chi connectivity index (χ2v) is 25.1. The maximum atomic E-state index is 2.74. The van der Waals surface area contributed by atoms with Crippen molar-refractivity contribution in [1.82, 2.24) is 0 Å². The van der Waals surface area contributed by atoms with Crippen LogP contribution in [0.3, 0.4) is 0 Å². The standard InChI is InChI=1S/C15H11.C9H13.C6H14Si.2ClH.Zr/c1-2-6-12(7-3-1)15-11-10-13-8-4-5-9-14(13)15;1-6-5-7(2)9(4)8(6)3;1-3-5-7-6-4-2;;;/h1-11H;6H,1-4H3;3-6H2,1-2H3;2*1H;. The van der Waals surface area contributed by atoms with Crippen molar-refractivity contribution in [1.29, 1.82) is 0 Å². The van der Waals surface area contributed by atoms with Gasteiger partial charge in [0.25, 0.3) is 0 Å². The number of hydrogen-bond acceptors (Lipinski definition) is 0. The largest absolute Gasteiger partial charge is 0.147 e. The summed E-state index contributed by atoms with van der Waals surface area (Å²) in [4.78, 5) is 0. The van der Waals surface area contributed by atoms with Crippen LogP contribution in [-0.4, -0.2) is 5.43 Å². The van der Waals surface area contributed by atoms with Crippen LogP contribution >= 0.6 is 24.8 Å². The zero-order valence-electron chi connectivity index (χ0n) is 21.6. The van der Waals surface area contributed by atoms with E-state index < -0.39 is 20.4 Å². The Balaban J connectivity index is 0.00000204. The molecule has 2 aliphatic rings. The van der Waals surface area contributed by atoms with Gasteiger partial charge in [0.05, 0.1) is 0 Å². The average molecular weight is 591 g/mol. The van der Waals surface area contributed by atoms with Gasteiger partial charge in [-0.05, 0) is 0 Å². The molecule has 4 rings (SSSR count). The van der Waals surface area contributed by atoms with Crippen LogP contribution < -0.4 is 0 Å².